The van der Waals surface area contributed by atoms with Crippen molar-refractivity contribution in [2.75, 3.05) is 0 Å². The average molecular weight is 327 g/mol. The number of hydrogen-bond acceptors (Lipinski definition) is 4. The molecule has 1 aromatic heterocycles. The lowest BCUT2D eigenvalue weighted by Gasteiger charge is -2.23. The van der Waals surface area contributed by atoms with Gasteiger partial charge in [-0.25, -0.2) is 17.5 Å². The molecule has 6 nitrogen and oxygen atoms in total. The van der Waals surface area contributed by atoms with E-state index in [2.05, 4.69) is 9.82 Å². The van der Waals surface area contributed by atoms with Gasteiger partial charge in [0.2, 0.25) is 10.0 Å². The standard InChI is InChI=1S/C14H18FN3O3S/c1-3-13(14(19)11-6-4-5-7-12(11)15)17-22(20,21)10-8-16-18(2)9-10/h4-9,13-14,17,19H,3H2,1-2H3/t13-,14-/m0/s1. The molecule has 0 aliphatic heterocycles. The Bertz CT molecular complexity index is 745. The largest absolute Gasteiger partial charge is 0.387 e. The van der Waals surface area contributed by atoms with Crippen LogP contribution in [0, 0.1) is 5.82 Å². The second kappa shape index (κ2) is 6.55. The first-order valence-corrected chi connectivity index (χ1v) is 8.27. The Morgan fingerprint density at radius 1 is 1.41 bits per heavy atom. The molecule has 1 heterocycles. The first-order chi connectivity index (χ1) is 10.3. The number of benzene rings is 1. The van der Waals surface area contributed by atoms with Crippen molar-refractivity contribution >= 4 is 10.0 Å². The molecule has 2 atom stereocenters. The van der Waals surface area contributed by atoms with E-state index in [1.54, 1.807) is 20.0 Å². The Balaban J connectivity index is 2.24. The van der Waals surface area contributed by atoms with Crippen LogP contribution in [0.15, 0.2) is 41.6 Å². The van der Waals surface area contributed by atoms with Crippen LogP contribution < -0.4 is 4.72 Å². The summed E-state index contributed by atoms with van der Waals surface area (Å²) in [6, 6.07) is 4.90. The summed E-state index contributed by atoms with van der Waals surface area (Å²) in [5, 5.41) is 14.1. The number of rotatable bonds is 6. The summed E-state index contributed by atoms with van der Waals surface area (Å²) < 4.78 is 42.0. The molecule has 22 heavy (non-hydrogen) atoms. The zero-order valence-electron chi connectivity index (χ0n) is 12.3. The lowest BCUT2D eigenvalue weighted by molar-refractivity contribution is 0.133. The molecule has 0 bridgehead atoms. The van der Waals surface area contributed by atoms with Gasteiger partial charge in [-0.15, -0.1) is 0 Å². The van der Waals surface area contributed by atoms with Gasteiger partial charge in [0.1, 0.15) is 10.7 Å². The summed E-state index contributed by atoms with van der Waals surface area (Å²) >= 11 is 0. The van der Waals surface area contributed by atoms with E-state index in [4.69, 9.17) is 0 Å². The predicted octanol–water partition coefficient (Wildman–Crippen LogP) is 1.35. The summed E-state index contributed by atoms with van der Waals surface area (Å²) in [6.07, 6.45) is 1.59. The van der Waals surface area contributed by atoms with Crippen LogP contribution in [0.3, 0.4) is 0 Å². The van der Waals surface area contributed by atoms with Crippen LogP contribution in [0.5, 0.6) is 0 Å². The topological polar surface area (TPSA) is 84.2 Å². The third-order valence-electron chi connectivity index (χ3n) is 3.34. The van der Waals surface area contributed by atoms with Gasteiger partial charge in [-0.3, -0.25) is 4.68 Å². The van der Waals surface area contributed by atoms with Gasteiger partial charge >= 0.3 is 0 Å². The van der Waals surface area contributed by atoms with Crippen molar-refractivity contribution in [3.05, 3.63) is 48.0 Å². The van der Waals surface area contributed by atoms with Gasteiger partial charge in [0, 0.05) is 18.8 Å². The molecule has 1 aromatic carbocycles. The highest BCUT2D eigenvalue weighted by Crippen LogP contribution is 2.23. The monoisotopic (exact) mass is 327 g/mol. The van der Waals surface area contributed by atoms with Crippen LogP contribution in [-0.2, 0) is 17.1 Å². The first kappa shape index (κ1) is 16.6. The molecular weight excluding hydrogens is 309 g/mol. The number of aliphatic hydroxyl groups is 1. The Hall–Kier alpha value is -1.77. The Labute approximate surface area is 128 Å². The zero-order valence-corrected chi connectivity index (χ0v) is 13.1. The molecule has 0 saturated heterocycles. The molecular formula is C14H18FN3O3S. The average Bonchev–Trinajstić information content (AvgIpc) is 2.92. The zero-order chi connectivity index (χ0) is 16.3. The lowest BCUT2D eigenvalue weighted by Crippen LogP contribution is -2.39. The normalized spacial score (nSPS) is 14.7. The molecule has 0 spiro atoms. The summed E-state index contributed by atoms with van der Waals surface area (Å²) in [5.74, 6) is -0.575. The molecule has 2 aromatic rings. The van der Waals surface area contributed by atoms with Gasteiger partial charge in [0.05, 0.1) is 18.3 Å². The fourth-order valence-corrected chi connectivity index (χ4v) is 3.42. The van der Waals surface area contributed by atoms with Crippen molar-refractivity contribution in [3.8, 4) is 0 Å². The minimum atomic E-state index is -3.83. The SMILES string of the molecule is CC[C@H](NS(=O)(=O)c1cnn(C)c1)[C@@H](O)c1ccccc1F. The number of hydrogen-bond donors (Lipinski definition) is 2. The van der Waals surface area contributed by atoms with Crippen LogP contribution in [0.1, 0.15) is 25.0 Å². The van der Waals surface area contributed by atoms with Crippen LogP contribution in [0.25, 0.3) is 0 Å². The molecule has 120 valence electrons. The smallest absolute Gasteiger partial charge is 0.244 e. The molecule has 0 aliphatic rings. The first-order valence-electron chi connectivity index (χ1n) is 6.78. The highest BCUT2D eigenvalue weighted by atomic mass is 32.2. The third kappa shape index (κ3) is 3.52. The molecule has 0 unspecified atom stereocenters. The number of sulfonamides is 1. The van der Waals surface area contributed by atoms with E-state index >= 15 is 0 Å². The van der Waals surface area contributed by atoms with Crippen molar-refractivity contribution in [2.45, 2.75) is 30.4 Å². The summed E-state index contributed by atoms with van der Waals surface area (Å²) in [4.78, 5) is -0.00539. The van der Waals surface area contributed by atoms with E-state index in [0.29, 0.717) is 6.42 Å². The maximum atomic E-state index is 13.7. The third-order valence-corrected chi connectivity index (χ3v) is 4.79. The van der Waals surface area contributed by atoms with E-state index in [-0.39, 0.29) is 10.5 Å². The van der Waals surface area contributed by atoms with E-state index in [1.165, 1.54) is 35.3 Å². The second-order valence-electron chi connectivity index (χ2n) is 4.95. The van der Waals surface area contributed by atoms with Crippen LogP contribution in [0.4, 0.5) is 4.39 Å². The van der Waals surface area contributed by atoms with Gasteiger partial charge in [-0.2, -0.15) is 5.10 Å². The Morgan fingerprint density at radius 2 is 2.09 bits per heavy atom. The lowest BCUT2D eigenvalue weighted by atomic mass is 10.0. The number of nitrogens with zero attached hydrogens (tertiary/aromatic N) is 2. The molecule has 2 rings (SSSR count). The molecule has 2 N–H and O–H groups in total. The molecule has 0 amide bonds. The maximum Gasteiger partial charge on any atom is 0.244 e. The molecule has 0 fully saturated rings. The number of aromatic nitrogens is 2. The van der Waals surface area contributed by atoms with Crippen LogP contribution in [-0.4, -0.2) is 29.3 Å². The Morgan fingerprint density at radius 3 is 2.64 bits per heavy atom. The van der Waals surface area contributed by atoms with Gasteiger partial charge in [-0.1, -0.05) is 25.1 Å². The molecule has 0 saturated carbocycles. The van der Waals surface area contributed by atoms with E-state index < -0.39 is 28.0 Å². The number of aliphatic hydroxyl groups excluding tert-OH is 1. The number of halogens is 1. The van der Waals surface area contributed by atoms with Gasteiger partial charge < -0.3 is 5.11 Å². The van der Waals surface area contributed by atoms with Gasteiger partial charge in [-0.05, 0) is 12.5 Å². The van der Waals surface area contributed by atoms with Crippen molar-refractivity contribution in [2.24, 2.45) is 7.05 Å². The Kier molecular flexibility index (Phi) is 4.94. The van der Waals surface area contributed by atoms with Gasteiger partial charge in [0.15, 0.2) is 0 Å². The highest BCUT2D eigenvalue weighted by molar-refractivity contribution is 7.89. The van der Waals surface area contributed by atoms with Crippen molar-refractivity contribution < 1.29 is 17.9 Å². The van der Waals surface area contributed by atoms with Gasteiger partial charge in [0.25, 0.3) is 0 Å². The summed E-state index contributed by atoms with van der Waals surface area (Å²) in [6.45, 7) is 1.71. The van der Waals surface area contributed by atoms with Crippen LogP contribution >= 0.6 is 0 Å². The number of nitrogens with one attached hydrogen (secondary N) is 1. The molecule has 8 heteroatoms. The summed E-state index contributed by atoms with van der Waals surface area (Å²) in [7, 11) is -2.23. The van der Waals surface area contributed by atoms with E-state index in [0.717, 1.165) is 0 Å². The van der Waals surface area contributed by atoms with Crippen molar-refractivity contribution in [1.82, 2.24) is 14.5 Å². The number of aryl methyl sites for hydroxylation is 1. The summed E-state index contributed by atoms with van der Waals surface area (Å²) in [5.41, 5.74) is 0.0586. The molecule has 0 aliphatic carbocycles. The fraction of sp³-hybridized carbons (Fsp3) is 0.357. The van der Waals surface area contributed by atoms with Crippen molar-refractivity contribution in [3.63, 3.8) is 0 Å². The maximum absolute atomic E-state index is 13.7. The minimum absolute atomic E-state index is 0.00539. The quantitative estimate of drug-likeness (QED) is 0.839. The minimum Gasteiger partial charge on any atom is -0.387 e. The van der Waals surface area contributed by atoms with Crippen LogP contribution in [0.2, 0.25) is 0 Å². The highest BCUT2D eigenvalue weighted by Gasteiger charge is 2.27. The predicted molar refractivity (Wildman–Crippen MR) is 79.0 cm³/mol. The second-order valence-corrected chi connectivity index (χ2v) is 6.67. The van der Waals surface area contributed by atoms with E-state index in [1.807, 2.05) is 0 Å². The fourth-order valence-electron chi connectivity index (χ4n) is 2.11. The van der Waals surface area contributed by atoms with Crippen molar-refractivity contribution in [1.29, 1.82) is 0 Å². The molecule has 0 radical (unpaired) electrons. The van der Waals surface area contributed by atoms with E-state index in [9.17, 15) is 17.9 Å².